The summed E-state index contributed by atoms with van der Waals surface area (Å²) in [4.78, 5) is 15.6. The highest BCUT2D eigenvalue weighted by molar-refractivity contribution is 6.30. The van der Waals surface area contributed by atoms with Crippen LogP contribution in [0.3, 0.4) is 0 Å². The van der Waals surface area contributed by atoms with Gasteiger partial charge < -0.3 is 10.4 Å². The van der Waals surface area contributed by atoms with Crippen LogP contribution in [-0.2, 0) is 6.42 Å². The van der Waals surface area contributed by atoms with Crippen LogP contribution < -0.4 is 5.32 Å². The Labute approximate surface area is 128 Å². The number of halogens is 1. The van der Waals surface area contributed by atoms with Crippen molar-refractivity contribution in [2.75, 3.05) is 5.32 Å². The smallest absolute Gasteiger partial charge is 0.335 e. The SMILES string of the molecule is CCc1cc(C(=O)O)cc(NC(C)c2ccc(Cl)cc2)n1. The van der Waals surface area contributed by atoms with Gasteiger partial charge in [-0.05, 0) is 43.2 Å². The van der Waals surface area contributed by atoms with Crippen molar-refractivity contribution in [3.05, 3.63) is 58.2 Å². The Hall–Kier alpha value is -2.07. The molecular weight excluding hydrogens is 288 g/mol. The van der Waals surface area contributed by atoms with Crippen LogP contribution in [0.15, 0.2) is 36.4 Å². The zero-order valence-corrected chi connectivity index (χ0v) is 12.7. The number of nitrogens with one attached hydrogen (secondary N) is 1. The maximum Gasteiger partial charge on any atom is 0.335 e. The first-order valence-electron chi connectivity index (χ1n) is 6.76. The molecule has 4 nitrogen and oxygen atoms in total. The third kappa shape index (κ3) is 3.95. The predicted molar refractivity (Wildman–Crippen MR) is 84.1 cm³/mol. The molecule has 0 spiro atoms. The third-order valence-corrected chi connectivity index (χ3v) is 3.47. The second-order valence-corrected chi connectivity index (χ2v) is 5.25. The lowest BCUT2D eigenvalue weighted by Gasteiger charge is -2.16. The number of hydrogen-bond acceptors (Lipinski definition) is 3. The van der Waals surface area contributed by atoms with E-state index in [0.717, 1.165) is 11.3 Å². The second kappa shape index (κ2) is 6.59. The Morgan fingerprint density at radius 1 is 1.33 bits per heavy atom. The van der Waals surface area contributed by atoms with Crippen molar-refractivity contribution in [2.45, 2.75) is 26.3 Å². The summed E-state index contributed by atoms with van der Waals surface area (Å²) in [6, 6.07) is 10.7. The molecule has 0 saturated heterocycles. The number of aryl methyl sites for hydroxylation is 1. The highest BCUT2D eigenvalue weighted by Gasteiger charge is 2.11. The molecule has 5 heteroatoms. The van der Waals surface area contributed by atoms with Crippen LogP contribution in [0.4, 0.5) is 5.82 Å². The average Bonchev–Trinajstić information content (AvgIpc) is 2.47. The summed E-state index contributed by atoms with van der Waals surface area (Å²) in [6.07, 6.45) is 0.686. The number of benzene rings is 1. The molecule has 2 rings (SSSR count). The fourth-order valence-corrected chi connectivity index (χ4v) is 2.15. The molecule has 1 atom stereocenters. The van der Waals surface area contributed by atoms with E-state index in [1.165, 1.54) is 0 Å². The molecule has 0 aliphatic heterocycles. The average molecular weight is 305 g/mol. The summed E-state index contributed by atoms with van der Waals surface area (Å²) >= 11 is 5.87. The van der Waals surface area contributed by atoms with Crippen molar-refractivity contribution in [3.63, 3.8) is 0 Å². The van der Waals surface area contributed by atoms with E-state index in [9.17, 15) is 4.79 Å². The van der Waals surface area contributed by atoms with Crippen molar-refractivity contribution < 1.29 is 9.90 Å². The normalized spacial score (nSPS) is 12.0. The molecule has 0 amide bonds. The van der Waals surface area contributed by atoms with Crippen LogP contribution in [0.25, 0.3) is 0 Å². The van der Waals surface area contributed by atoms with E-state index >= 15 is 0 Å². The largest absolute Gasteiger partial charge is 0.478 e. The minimum Gasteiger partial charge on any atom is -0.478 e. The van der Waals surface area contributed by atoms with Crippen molar-refractivity contribution in [1.82, 2.24) is 4.98 Å². The number of pyridine rings is 1. The lowest BCUT2D eigenvalue weighted by atomic mass is 10.1. The molecule has 21 heavy (non-hydrogen) atoms. The molecule has 2 N–H and O–H groups in total. The molecule has 2 aromatic rings. The number of carboxylic acid groups (broad SMARTS) is 1. The highest BCUT2D eigenvalue weighted by atomic mass is 35.5. The summed E-state index contributed by atoms with van der Waals surface area (Å²) in [6.45, 7) is 3.93. The van der Waals surface area contributed by atoms with Gasteiger partial charge in [-0.25, -0.2) is 9.78 Å². The van der Waals surface area contributed by atoms with Gasteiger partial charge in [0.1, 0.15) is 5.82 Å². The lowest BCUT2D eigenvalue weighted by Crippen LogP contribution is -2.10. The number of aromatic carboxylic acids is 1. The molecular formula is C16H17ClN2O2. The second-order valence-electron chi connectivity index (χ2n) is 4.81. The van der Waals surface area contributed by atoms with E-state index in [2.05, 4.69) is 10.3 Å². The summed E-state index contributed by atoms with van der Waals surface area (Å²) in [5.41, 5.74) is 2.05. The van der Waals surface area contributed by atoms with Gasteiger partial charge in [-0.1, -0.05) is 30.7 Å². The first kappa shape index (κ1) is 15.3. The van der Waals surface area contributed by atoms with Crippen molar-refractivity contribution >= 4 is 23.4 Å². The van der Waals surface area contributed by atoms with Crippen molar-refractivity contribution in [3.8, 4) is 0 Å². The topological polar surface area (TPSA) is 62.2 Å². The first-order chi connectivity index (χ1) is 9.99. The van der Waals surface area contributed by atoms with Gasteiger partial charge in [0, 0.05) is 16.8 Å². The zero-order valence-electron chi connectivity index (χ0n) is 11.9. The standard InChI is InChI=1S/C16H17ClN2O2/c1-3-14-8-12(16(20)21)9-15(19-14)18-10(2)11-4-6-13(17)7-5-11/h4-10H,3H2,1-2H3,(H,18,19)(H,20,21). The Morgan fingerprint density at radius 3 is 2.57 bits per heavy atom. The van der Waals surface area contributed by atoms with Crippen LogP contribution in [0.2, 0.25) is 5.02 Å². The fraction of sp³-hybridized carbons (Fsp3) is 0.250. The van der Waals surface area contributed by atoms with Crippen LogP contribution in [-0.4, -0.2) is 16.1 Å². The molecule has 0 aliphatic carbocycles. The number of carboxylic acids is 1. The van der Waals surface area contributed by atoms with E-state index in [1.54, 1.807) is 12.1 Å². The number of carbonyl (C=O) groups is 1. The van der Waals surface area contributed by atoms with Crippen LogP contribution in [0.1, 0.15) is 41.5 Å². The Morgan fingerprint density at radius 2 is 2.00 bits per heavy atom. The number of hydrogen-bond donors (Lipinski definition) is 2. The van der Waals surface area contributed by atoms with Crippen LogP contribution >= 0.6 is 11.6 Å². The zero-order chi connectivity index (χ0) is 15.4. The number of aromatic nitrogens is 1. The third-order valence-electron chi connectivity index (χ3n) is 3.22. The van der Waals surface area contributed by atoms with Gasteiger partial charge in [0.15, 0.2) is 0 Å². The van der Waals surface area contributed by atoms with Crippen molar-refractivity contribution in [1.29, 1.82) is 0 Å². The van der Waals surface area contributed by atoms with E-state index < -0.39 is 5.97 Å². The molecule has 110 valence electrons. The number of nitrogens with zero attached hydrogens (tertiary/aromatic N) is 1. The molecule has 0 radical (unpaired) electrons. The Bertz CT molecular complexity index is 641. The van der Waals surface area contributed by atoms with Gasteiger partial charge in [0.05, 0.1) is 5.56 Å². The van der Waals surface area contributed by atoms with Crippen LogP contribution in [0.5, 0.6) is 0 Å². The molecule has 1 aromatic heterocycles. The summed E-state index contributed by atoms with van der Waals surface area (Å²) in [7, 11) is 0. The Kier molecular flexibility index (Phi) is 4.81. The predicted octanol–water partition coefficient (Wildman–Crippen LogP) is 4.17. The summed E-state index contributed by atoms with van der Waals surface area (Å²) < 4.78 is 0. The van der Waals surface area contributed by atoms with Gasteiger partial charge in [0.2, 0.25) is 0 Å². The highest BCUT2D eigenvalue weighted by Crippen LogP contribution is 2.21. The van der Waals surface area contributed by atoms with Gasteiger partial charge in [-0.2, -0.15) is 0 Å². The quantitative estimate of drug-likeness (QED) is 0.870. The number of anilines is 1. The minimum atomic E-state index is -0.950. The molecule has 0 aliphatic rings. The van der Waals surface area contributed by atoms with Crippen LogP contribution in [0, 0.1) is 0 Å². The van der Waals surface area contributed by atoms with Gasteiger partial charge in [-0.15, -0.1) is 0 Å². The summed E-state index contributed by atoms with van der Waals surface area (Å²) in [5, 5.41) is 13.1. The molecule has 0 bridgehead atoms. The van der Waals surface area contributed by atoms with Gasteiger partial charge in [0.25, 0.3) is 0 Å². The molecule has 1 unspecified atom stereocenters. The van der Waals surface area contributed by atoms with Crippen molar-refractivity contribution in [2.24, 2.45) is 0 Å². The molecule has 1 aromatic carbocycles. The maximum absolute atomic E-state index is 11.1. The minimum absolute atomic E-state index is 0.00326. The van der Waals surface area contributed by atoms with E-state index in [-0.39, 0.29) is 11.6 Å². The van der Waals surface area contributed by atoms with E-state index in [4.69, 9.17) is 16.7 Å². The molecule has 0 fully saturated rings. The van der Waals surface area contributed by atoms with Gasteiger partial charge >= 0.3 is 5.97 Å². The monoisotopic (exact) mass is 304 g/mol. The van der Waals surface area contributed by atoms with E-state index in [1.807, 2.05) is 38.1 Å². The molecule has 0 saturated carbocycles. The maximum atomic E-state index is 11.1. The molecule has 1 heterocycles. The fourth-order valence-electron chi connectivity index (χ4n) is 2.02. The van der Waals surface area contributed by atoms with E-state index in [0.29, 0.717) is 17.3 Å². The lowest BCUT2D eigenvalue weighted by molar-refractivity contribution is 0.0696. The van der Waals surface area contributed by atoms with Gasteiger partial charge in [-0.3, -0.25) is 0 Å². The first-order valence-corrected chi connectivity index (χ1v) is 7.13. The summed E-state index contributed by atoms with van der Waals surface area (Å²) in [5.74, 6) is -0.386. The Balaban J connectivity index is 2.23. The number of rotatable bonds is 5.